The molecular weight excluding hydrogens is 489 g/mol. The zero-order valence-electron chi connectivity index (χ0n) is 18.9. The third-order valence-electron chi connectivity index (χ3n) is 4.96. The fourth-order valence-electron chi connectivity index (χ4n) is 3.43. The Morgan fingerprint density at radius 1 is 1.35 bits per heavy atom. The van der Waals surface area contributed by atoms with Crippen molar-refractivity contribution in [1.82, 2.24) is 14.6 Å². The van der Waals surface area contributed by atoms with E-state index < -0.39 is 48.2 Å². The highest BCUT2D eigenvalue weighted by Gasteiger charge is 2.46. The third kappa shape index (κ3) is 6.58. The van der Waals surface area contributed by atoms with E-state index in [1.807, 2.05) is 0 Å². The molecule has 2 heterocycles. The number of hydrogen-bond acceptors (Lipinski definition) is 8. The SMILES string of the molecule is CCOC(=O)[C@@H](C)NP(=O)(OC[C@@H]1C[C@@](C)(Cl)[C@H](n2ccc(=O)[nH]c2=O)O1)Oc1ccccc1. The van der Waals surface area contributed by atoms with Crippen molar-refractivity contribution in [3.05, 3.63) is 63.4 Å². The van der Waals surface area contributed by atoms with Crippen LogP contribution in [0.4, 0.5) is 0 Å². The molecule has 1 unspecified atom stereocenters. The van der Waals surface area contributed by atoms with Crippen molar-refractivity contribution in [3.63, 3.8) is 0 Å². The Morgan fingerprint density at radius 3 is 2.71 bits per heavy atom. The second kappa shape index (κ2) is 10.9. The molecule has 0 bridgehead atoms. The molecule has 0 aliphatic carbocycles. The minimum absolute atomic E-state index is 0.158. The number of halogens is 1. The molecule has 34 heavy (non-hydrogen) atoms. The van der Waals surface area contributed by atoms with Crippen LogP contribution in [-0.4, -0.2) is 45.8 Å². The molecule has 1 aliphatic rings. The van der Waals surface area contributed by atoms with Gasteiger partial charge >= 0.3 is 19.4 Å². The summed E-state index contributed by atoms with van der Waals surface area (Å²) in [5.74, 6) is -0.354. The monoisotopic (exact) mass is 515 g/mol. The number of esters is 1. The van der Waals surface area contributed by atoms with Crippen LogP contribution < -0.4 is 20.9 Å². The number of carbonyl (C=O) groups excluding carboxylic acids is 1. The fourth-order valence-corrected chi connectivity index (χ4v) is 5.28. The smallest absolute Gasteiger partial charge is 0.459 e. The molecule has 2 aromatic rings. The Kier molecular flexibility index (Phi) is 8.38. The number of hydrogen-bond donors (Lipinski definition) is 2. The van der Waals surface area contributed by atoms with Gasteiger partial charge < -0.3 is 14.0 Å². The van der Waals surface area contributed by atoms with Crippen molar-refractivity contribution in [2.45, 2.75) is 50.4 Å². The predicted molar refractivity (Wildman–Crippen MR) is 124 cm³/mol. The van der Waals surface area contributed by atoms with Crippen LogP contribution in [0.15, 0.2) is 52.2 Å². The maximum absolute atomic E-state index is 13.5. The van der Waals surface area contributed by atoms with E-state index in [2.05, 4.69) is 10.1 Å². The van der Waals surface area contributed by atoms with Gasteiger partial charge in [-0.3, -0.25) is 23.7 Å². The van der Waals surface area contributed by atoms with Gasteiger partial charge in [0.2, 0.25) is 0 Å². The minimum atomic E-state index is -4.07. The van der Waals surface area contributed by atoms with E-state index in [4.69, 9.17) is 30.1 Å². The Morgan fingerprint density at radius 2 is 2.06 bits per heavy atom. The molecule has 0 radical (unpaired) electrons. The number of benzene rings is 1. The Balaban J connectivity index is 1.75. The van der Waals surface area contributed by atoms with Crippen molar-refractivity contribution in [3.8, 4) is 5.75 Å². The van der Waals surface area contributed by atoms with Crippen LogP contribution in [0.3, 0.4) is 0 Å². The van der Waals surface area contributed by atoms with Crippen molar-refractivity contribution in [1.29, 1.82) is 0 Å². The van der Waals surface area contributed by atoms with Gasteiger partial charge in [-0.1, -0.05) is 18.2 Å². The molecule has 0 amide bonds. The van der Waals surface area contributed by atoms with E-state index in [1.165, 1.54) is 23.8 Å². The fraction of sp³-hybridized carbons (Fsp3) is 0.476. The van der Waals surface area contributed by atoms with Crippen LogP contribution in [-0.2, 0) is 23.4 Å². The topological polar surface area (TPSA) is 138 Å². The van der Waals surface area contributed by atoms with E-state index in [9.17, 15) is 18.9 Å². The second-order valence-electron chi connectivity index (χ2n) is 7.91. The van der Waals surface area contributed by atoms with Gasteiger partial charge in [-0.2, -0.15) is 5.09 Å². The molecule has 1 saturated heterocycles. The summed E-state index contributed by atoms with van der Waals surface area (Å²) in [6.07, 6.45) is -0.0442. The molecule has 1 aliphatic heterocycles. The zero-order valence-corrected chi connectivity index (χ0v) is 20.6. The standard InChI is InChI=1S/C21H27ClN3O8P/c1-4-30-18(27)14(2)24-34(29,33-15-8-6-5-7-9-15)31-13-16-12-21(3,22)19(32-16)25-11-10-17(26)23-20(25)28/h5-11,14,16,19H,4,12-13H2,1-3H3,(H,24,29)(H,23,26,28)/t14-,16+,19-,21-,34?/m1/s1. The number of aromatic amines is 1. The van der Waals surface area contributed by atoms with E-state index in [1.54, 1.807) is 44.2 Å². The van der Waals surface area contributed by atoms with E-state index >= 15 is 0 Å². The molecule has 186 valence electrons. The van der Waals surface area contributed by atoms with Crippen molar-refractivity contribution in [2.75, 3.05) is 13.2 Å². The van der Waals surface area contributed by atoms with Crippen LogP contribution in [0.2, 0.25) is 0 Å². The number of para-hydroxylation sites is 1. The van der Waals surface area contributed by atoms with Crippen LogP contribution in [0, 0.1) is 0 Å². The number of aromatic nitrogens is 2. The summed E-state index contributed by atoms with van der Waals surface area (Å²) in [5.41, 5.74) is -1.22. The zero-order chi connectivity index (χ0) is 24.9. The lowest BCUT2D eigenvalue weighted by Crippen LogP contribution is -2.37. The first-order valence-corrected chi connectivity index (χ1v) is 12.5. The number of H-pyrrole nitrogens is 1. The molecule has 3 rings (SSSR count). The molecule has 0 spiro atoms. The Hall–Kier alpha value is -2.43. The molecule has 0 saturated carbocycles. The normalized spacial score (nSPS) is 24.8. The van der Waals surface area contributed by atoms with Crippen LogP contribution >= 0.6 is 19.3 Å². The first-order chi connectivity index (χ1) is 16.0. The molecular formula is C21H27ClN3O8P. The number of nitrogens with zero attached hydrogens (tertiary/aromatic N) is 1. The lowest BCUT2D eigenvalue weighted by atomic mass is 10.1. The summed E-state index contributed by atoms with van der Waals surface area (Å²) in [6.45, 7) is 4.75. The molecule has 2 N–H and O–H groups in total. The first kappa shape index (κ1) is 26.2. The summed E-state index contributed by atoms with van der Waals surface area (Å²) < 4.78 is 36.8. The van der Waals surface area contributed by atoms with E-state index in [-0.39, 0.29) is 25.4 Å². The van der Waals surface area contributed by atoms with Gasteiger partial charge in [0.1, 0.15) is 11.8 Å². The van der Waals surface area contributed by atoms with Gasteiger partial charge in [0.25, 0.3) is 5.56 Å². The second-order valence-corrected chi connectivity index (χ2v) is 10.5. The summed E-state index contributed by atoms with van der Waals surface area (Å²) in [4.78, 5) is 36.8. The molecule has 1 fully saturated rings. The number of ether oxygens (including phenoxy) is 2. The number of nitrogens with one attached hydrogen (secondary N) is 2. The van der Waals surface area contributed by atoms with Crippen molar-refractivity contribution < 1.29 is 27.9 Å². The third-order valence-corrected chi connectivity index (χ3v) is 6.94. The summed E-state index contributed by atoms with van der Waals surface area (Å²) >= 11 is 6.61. The van der Waals surface area contributed by atoms with Gasteiger partial charge in [-0.15, -0.1) is 11.6 Å². The van der Waals surface area contributed by atoms with Crippen molar-refractivity contribution in [2.24, 2.45) is 0 Å². The van der Waals surface area contributed by atoms with Gasteiger partial charge in [0, 0.05) is 12.3 Å². The van der Waals surface area contributed by atoms with Gasteiger partial charge in [0.15, 0.2) is 6.23 Å². The Labute approximate surface area is 200 Å². The summed E-state index contributed by atoms with van der Waals surface area (Å²) in [6, 6.07) is 8.54. The first-order valence-electron chi connectivity index (χ1n) is 10.6. The molecule has 1 aromatic heterocycles. The number of alkyl halides is 1. The number of rotatable bonds is 10. The number of carbonyl (C=O) groups is 1. The average Bonchev–Trinajstić information content (AvgIpc) is 3.07. The highest BCUT2D eigenvalue weighted by Crippen LogP contribution is 2.47. The highest BCUT2D eigenvalue weighted by molar-refractivity contribution is 7.52. The predicted octanol–water partition coefficient (Wildman–Crippen LogP) is 2.57. The molecule has 13 heteroatoms. The van der Waals surface area contributed by atoms with Crippen molar-refractivity contribution >= 4 is 25.3 Å². The highest BCUT2D eigenvalue weighted by atomic mass is 35.5. The minimum Gasteiger partial charge on any atom is -0.465 e. The van der Waals surface area contributed by atoms with Gasteiger partial charge in [0.05, 0.1) is 24.2 Å². The van der Waals surface area contributed by atoms with Crippen LogP contribution in [0.5, 0.6) is 5.75 Å². The lowest BCUT2D eigenvalue weighted by Gasteiger charge is -2.24. The average molecular weight is 516 g/mol. The van der Waals surface area contributed by atoms with E-state index in [0.29, 0.717) is 0 Å². The summed E-state index contributed by atoms with van der Waals surface area (Å²) in [5, 5.41) is 2.58. The molecule has 1 aromatic carbocycles. The van der Waals surface area contributed by atoms with E-state index in [0.717, 1.165) is 0 Å². The maximum atomic E-state index is 13.5. The molecule has 11 nitrogen and oxygen atoms in total. The maximum Gasteiger partial charge on any atom is 0.459 e. The van der Waals surface area contributed by atoms with Crippen LogP contribution in [0.1, 0.15) is 33.4 Å². The summed E-state index contributed by atoms with van der Waals surface area (Å²) in [7, 11) is -4.07. The molecule has 5 atom stereocenters. The van der Waals surface area contributed by atoms with Gasteiger partial charge in [-0.05, 0) is 39.3 Å². The largest absolute Gasteiger partial charge is 0.465 e. The van der Waals surface area contributed by atoms with Crippen LogP contribution in [0.25, 0.3) is 0 Å². The Bertz CT molecular complexity index is 1150. The van der Waals surface area contributed by atoms with Gasteiger partial charge in [-0.25, -0.2) is 9.36 Å². The quantitative estimate of drug-likeness (QED) is 0.278. The lowest BCUT2D eigenvalue weighted by molar-refractivity contribution is -0.144.